The first-order valence-electron chi connectivity index (χ1n) is 8.48. The largest absolute Gasteiger partial charge is 0.324 e. The van der Waals surface area contributed by atoms with Gasteiger partial charge in [0, 0.05) is 34.6 Å². The van der Waals surface area contributed by atoms with Gasteiger partial charge in [0.2, 0.25) is 11.8 Å². The van der Waals surface area contributed by atoms with Gasteiger partial charge in [-0.05, 0) is 42.7 Å². The molecule has 2 aromatic carbocycles. The molecule has 27 heavy (non-hydrogen) atoms. The highest BCUT2D eigenvalue weighted by atomic mass is 35.5. The van der Waals surface area contributed by atoms with Crippen LogP contribution in [0.1, 0.15) is 18.4 Å². The molecule has 4 rings (SSSR count). The minimum absolute atomic E-state index is 0.0308. The van der Waals surface area contributed by atoms with Crippen LogP contribution in [0.2, 0.25) is 5.02 Å². The van der Waals surface area contributed by atoms with Crippen LogP contribution in [0.15, 0.2) is 35.2 Å². The SMILES string of the molecule is O=C1Nc2cc(Cl)ccc2SC1CC(=O)N1CCCc2cc(F)c(F)cc21. The van der Waals surface area contributed by atoms with Gasteiger partial charge in [-0.1, -0.05) is 11.6 Å². The molecule has 2 aromatic rings. The Morgan fingerprint density at radius 1 is 1.26 bits per heavy atom. The number of nitrogens with zero attached hydrogens (tertiary/aromatic N) is 1. The van der Waals surface area contributed by atoms with Crippen molar-refractivity contribution in [2.75, 3.05) is 16.8 Å². The Bertz CT molecular complexity index is 954. The molecule has 0 aliphatic carbocycles. The summed E-state index contributed by atoms with van der Waals surface area (Å²) in [6.07, 6.45) is 1.22. The van der Waals surface area contributed by atoms with E-state index in [1.54, 1.807) is 18.2 Å². The summed E-state index contributed by atoms with van der Waals surface area (Å²) in [5.74, 6) is -2.46. The molecule has 0 fully saturated rings. The molecule has 2 amide bonds. The Kier molecular flexibility index (Phi) is 4.82. The third-order valence-corrected chi connectivity index (χ3v) is 6.17. The molecule has 0 saturated carbocycles. The van der Waals surface area contributed by atoms with E-state index in [0.29, 0.717) is 41.3 Å². The third kappa shape index (κ3) is 3.53. The Labute approximate surface area is 163 Å². The van der Waals surface area contributed by atoms with Gasteiger partial charge in [0.05, 0.1) is 10.9 Å². The predicted molar refractivity (Wildman–Crippen MR) is 101 cm³/mol. The van der Waals surface area contributed by atoms with Crippen LogP contribution in [0, 0.1) is 11.6 Å². The molecule has 140 valence electrons. The fourth-order valence-electron chi connectivity index (χ4n) is 3.36. The van der Waals surface area contributed by atoms with Crippen LogP contribution in [0.3, 0.4) is 0 Å². The van der Waals surface area contributed by atoms with E-state index in [0.717, 1.165) is 17.0 Å². The topological polar surface area (TPSA) is 49.4 Å². The van der Waals surface area contributed by atoms with Crippen LogP contribution in [0.5, 0.6) is 0 Å². The van der Waals surface area contributed by atoms with Crippen LogP contribution in [-0.4, -0.2) is 23.6 Å². The maximum atomic E-state index is 13.7. The van der Waals surface area contributed by atoms with Gasteiger partial charge in [0.15, 0.2) is 11.6 Å². The van der Waals surface area contributed by atoms with Gasteiger partial charge in [-0.3, -0.25) is 9.59 Å². The molecular weight excluding hydrogens is 394 g/mol. The average molecular weight is 409 g/mol. The molecule has 0 spiro atoms. The molecule has 0 bridgehead atoms. The highest BCUT2D eigenvalue weighted by molar-refractivity contribution is 8.01. The predicted octanol–water partition coefficient (Wildman–Crippen LogP) is 4.40. The molecular formula is C19H15ClF2N2O2S. The second-order valence-electron chi connectivity index (χ2n) is 6.48. The first-order valence-corrected chi connectivity index (χ1v) is 9.73. The highest BCUT2D eigenvalue weighted by Crippen LogP contribution is 2.39. The summed E-state index contributed by atoms with van der Waals surface area (Å²) in [4.78, 5) is 27.5. The zero-order valence-electron chi connectivity index (χ0n) is 14.1. The van der Waals surface area contributed by atoms with Crippen LogP contribution < -0.4 is 10.2 Å². The molecule has 8 heteroatoms. The number of amides is 2. The van der Waals surface area contributed by atoms with E-state index in [4.69, 9.17) is 11.6 Å². The molecule has 1 atom stereocenters. The van der Waals surface area contributed by atoms with Crippen molar-refractivity contribution < 1.29 is 18.4 Å². The number of fused-ring (bicyclic) bond motifs is 2. The Morgan fingerprint density at radius 2 is 2.04 bits per heavy atom. The van der Waals surface area contributed by atoms with E-state index < -0.39 is 16.9 Å². The first-order chi connectivity index (χ1) is 12.9. The molecule has 2 aliphatic rings. The number of benzene rings is 2. The second kappa shape index (κ2) is 7.13. The monoisotopic (exact) mass is 408 g/mol. The molecule has 0 saturated heterocycles. The summed E-state index contributed by atoms with van der Waals surface area (Å²) >= 11 is 7.24. The minimum atomic E-state index is -0.982. The van der Waals surface area contributed by atoms with Crippen molar-refractivity contribution in [2.24, 2.45) is 0 Å². The van der Waals surface area contributed by atoms with Crippen molar-refractivity contribution in [3.63, 3.8) is 0 Å². The normalized spacial score (nSPS) is 18.6. The number of thioether (sulfide) groups is 1. The average Bonchev–Trinajstić information content (AvgIpc) is 2.63. The number of aryl methyl sites for hydroxylation is 1. The maximum Gasteiger partial charge on any atom is 0.238 e. The van der Waals surface area contributed by atoms with Crippen molar-refractivity contribution in [2.45, 2.75) is 29.4 Å². The third-order valence-electron chi connectivity index (χ3n) is 4.66. The van der Waals surface area contributed by atoms with Crippen molar-refractivity contribution in [1.82, 2.24) is 0 Å². The number of carbonyl (C=O) groups is 2. The Morgan fingerprint density at radius 3 is 2.85 bits per heavy atom. The van der Waals surface area contributed by atoms with E-state index in [9.17, 15) is 18.4 Å². The lowest BCUT2D eigenvalue weighted by atomic mass is 10.0. The van der Waals surface area contributed by atoms with Crippen LogP contribution in [0.4, 0.5) is 20.2 Å². The molecule has 1 unspecified atom stereocenters. The number of halogens is 3. The second-order valence-corrected chi connectivity index (χ2v) is 8.17. The lowest BCUT2D eigenvalue weighted by molar-refractivity contribution is -0.122. The maximum absolute atomic E-state index is 13.7. The fraction of sp³-hybridized carbons (Fsp3) is 0.263. The van der Waals surface area contributed by atoms with Crippen molar-refractivity contribution in [1.29, 1.82) is 0 Å². The quantitative estimate of drug-likeness (QED) is 0.801. The zero-order valence-corrected chi connectivity index (χ0v) is 15.7. The molecule has 1 N–H and O–H groups in total. The van der Waals surface area contributed by atoms with E-state index in [-0.39, 0.29) is 18.2 Å². The van der Waals surface area contributed by atoms with Crippen molar-refractivity contribution in [3.05, 3.63) is 52.6 Å². The van der Waals surface area contributed by atoms with Gasteiger partial charge < -0.3 is 10.2 Å². The summed E-state index contributed by atoms with van der Waals surface area (Å²) < 4.78 is 27.2. The van der Waals surface area contributed by atoms with Gasteiger partial charge in [-0.2, -0.15) is 0 Å². The Balaban J connectivity index is 1.54. The molecule has 0 aromatic heterocycles. The minimum Gasteiger partial charge on any atom is -0.324 e. The van der Waals surface area contributed by atoms with E-state index in [1.165, 1.54) is 16.7 Å². The van der Waals surface area contributed by atoms with Gasteiger partial charge >= 0.3 is 0 Å². The van der Waals surface area contributed by atoms with E-state index in [1.807, 2.05) is 0 Å². The number of carbonyl (C=O) groups excluding carboxylic acids is 2. The van der Waals surface area contributed by atoms with Crippen LogP contribution in [-0.2, 0) is 16.0 Å². The lowest BCUT2D eigenvalue weighted by Gasteiger charge is -2.31. The van der Waals surface area contributed by atoms with Crippen LogP contribution >= 0.6 is 23.4 Å². The number of hydrogen-bond donors (Lipinski definition) is 1. The zero-order chi connectivity index (χ0) is 19.1. The van der Waals surface area contributed by atoms with Gasteiger partial charge in [-0.15, -0.1) is 11.8 Å². The number of hydrogen-bond acceptors (Lipinski definition) is 3. The highest BCUT2D eigenvalue weighted by Gasteiger charge is 2.32. The lowest BCUT2D eigenvalue weighted by Crippen LogP contribution is -2.40. The van der Waals surface area contributed by atoms with Gasteiger partial charge in [0.25, 0.3) is 0 Å². The van der Waals surface area contributed by atoms with Crippen LogP contribution in [0.25, 0.3) is 0 Å². The molecule has 4 nitrogen and oxygen atoms in total. The standard InChI is InChI=1S/C19H15ClF2N2O2S/c20-11-3-4-16-14(7-11)23-19(26)17(27-16)9-18(25)24-5-1-2-10-6-12(21)13(22)8-15(10)24/h3-4,6-8,17H,1-2,5,9H2,(H,23,26). The number of rotatable bonds is 2. The summed E-state index contributed by atoms with van der Waals surface area (Å²) in [5.41, 5.74) is 1.62. The summed E-state index contributed by atoms with van der Waals surface area (Å²) in [5, 5.41) is 2.69. The van der Waals surface area contributed by atoms with Crippen molar-refractivity contribution in [3.8, 4) is 0 Å². The van der Waals surface area contributed by atoms with E-state index in [2.05, 4.69) is 5.32 Å². The smallest absolute Gasteiger partial charge is 0.238 e. The van der Waals surface area contributed by atoms with Gasteiger partial charge in [0.1, 0.15) is 0 Å². The van der Waals surface area contributed by atoms with Gasteiger partial charge in [-0.25, -0.2) is 8.78 Å². The summed E-state index contributed by atoms with van der Waals surface area (Å²) in [6, 6.07) is 7.40. The number of nitrogens with one attached hydrogen (secondary N) is 1. The Hall–Kier alpha value is -2.12. The molecule has 2 heterocycles. The fourth-order valence-corrected chi connectivity index (χ4v) is 4.62. The summed E-state index contributed by atoms with van der Waals surface area (Å²) in [7, 11) is 0. The molecule has 0 radical (unpaired) electrons. The molecule has 2 aliphatic heterocycles. The summed E-state index contributed by atoms with van der Waals surface area (Å²) in [6.45, 7) is 0.419. The van der Waals surface area contributed by atoms with Crippen molar-refractivity contribution >= 4 is 46.6 Å². The first kappa shape index (κ1) is 18.3. The van der Waals surface area contributed by atoms with E-state index >= 15 is 0 Å². The number of anilines is 2.